The van der Waals surface area contributed by atoms with E-state index in [1.165, 1.54) is 31.4 Å². The summed E-state index contributed by atoms with van der Waals surface area (Å²) in [5.41, 5.74) is -1.56. The van der Waals surface area contributed by atoms with Gasteiger partial charge in [-0.05, 0) is 83.8 Å². The van der Waals surface area contributed by atoms with Crippen LogP contribution in [0.3, 0.4) is 0 Å². The highest BCUT2D eigenvalue weighted by atomic mass is 127. The third-order valence-electron chi connectivity index (χ3n) is 9.85. The number of benzene rings is 3. The number of allylic oxidation sites excluding steroid dienone is 2. The quantitative estimate of drug-likeness (QED) is 0.0616. The number of ether oxygens (including phenoxy) is 1. The van der Waals surface area contributed by atoms with Crippen molar-refractivity contribution in [3.05, 3.63) is 92.3 Å². The predicted octanol–water partition coefficient (Wildman–Crippen LogP) is 6.47. The van der Waals surface area contributed by atoms with Crippen LogP contribution in [0.5, 0.6) is 11.5 Å². The van der Waals surface area contributed by atoms with E-state index in [4.69, 9.17) is 27.9 Å². The summed E-state index contributed by atoms with van der Waals surface area (Å²) in [5.74, 6) is -22.1. The number of carbonyl (C=O) groups is 4. The van der Waals surface area contributed by atoms with Gasteiger partial charge in [0.15, 0.2) is 33.0 Å². The minimum absolute atomic E-state index is 0.0467. The van der Waals surface area contributed by atoms with E-state index in [1.807, 2.05) is 0 Å². The van der Waals surface area contributed by atoms with Gasteiger partial charge < -0.3 is 9.84 Å². The number of fused-ring (bicyclic) bond motifs is 4. The number of nitrogens with zero attached hydrogens (tertiary/aromatic N) is 2. The number of alkyl halides is 2. The maximum atomic E-state index is 15.2. The van der Waals surface area contributed by atoms with E-state index in [9.17, 15) is 37.5 Å². The Morgan fingerprint density at radius 1 is 0.837 bits per heavy atom. The van der Waals surface area contributed by atoms with Crippen LogP contribution in [0, 0.1) is 50.4 Å². The first-order valence-electron chi connectivity index (χ1n) is 14.6. The van der Waals surface area contributed by atoms with Crippen LogP contribution in [0.1, 0.15) is 24.3 Å². The summed E-state index contributed by atoms with van der Waals surface area (Å²) < 4.78 is 79.4. The van der Waals surface area contributed by atoms with E-state index in [0.717, 1.165) is 8.47 Å². The van der Waals surface area contributed by atoms with E-state index in [2.05, 4.69) is 22.6 Å². The Bertz CT molecular complexity index is 2040. The highest BCUT2D eigenvalue weighted by molar-refractivity contribution is 14.1. The van der Waals surface area contributed by atoms with Crippen molar-refractivity contribution in [2.45, 2.75) is 28.5 Å². The Morgan fingerprint density at radius 3 is 2.06 bits per heavy atom. The summed E-state index contributed by atoms with van der Waals surface area (Å²) in [4.78, 5) is 51.8. The minimum atomic E-state index is -2.77. The molecule has 3 fully saturated rings. The maximum Gasteiger partial charge on any atom is 0.258 e. The van der Waals surface area contributed by atoms with Crippen molar-refractivity contribution in [1.82, 2.24) is 0 Å². The van der Waals surface area contributed by atoms with Crippen LogP contribution in [-0.4, -0.2) is 45.6 Å². The first kappa shape index (κ1) is 33.7. The third kappa shape index (κ3) is 4.38. The van der Waals surface area contributed by atoms with Crippen molar-refractivity contribution >= 4 is 80.8 Å². The van der Waals surface area contributed by atoms with Crippen molar-refractivity contribution < 1.29 is 51.0 Å². The molecule has 2 heterocycles. The second-order valence-electron chi connectivity index (χ2n) is 12.1. The summed E-state index contributed by atoms with van der Waals surface area (Å²) in [6, 6.07) is 10.4. The number of phenolic OH excluding ortho intramolecular Hbond substituents is 1. The van der Waals surface area contributed by atoms with Crippen LogP contribution in [0.25, 0.3) is 0 Å². The van der Waals surface area contributed by atoms with Gasteiger partial charge in [0.25, 0.3) is 11.8 Å². The molecule has 0 unspecified atom stereocenters. The van der Waals surface area contributed by atoms with Gasteiger partial charge in [-0.3, -0.25) is 24.1 Å². The van der Waals surface area contributed by atoms with Gasteiger partial charge in [-0.1, -0.05) is 11.6 Å². The van der Waals surface area contributed by atoms with Crippen LogP contribution in [-0.2, 0) is 19.2 Å². The molecule has 7 rings (SSSR count). The van der Waals surface area contributed by atoms with Crippen LogP contribution >= 0.6 is 45.8 Å². The molecule has 16 heteroatoms. The zero-order chi connectivity index (χ0) is 35.5. The first-order chi connectivity index (χ1) is 23.1. The molecule has 2 saturated heterocycles. The standard InChI is InChI=1S/C33H20Cl2F5IN2O6/c1-49-14-6-9-19(44)17(10-14)21-15-7-8-16-20(29(46)42(28(16)45)13-4-2-12(41)3-5-13)18(15)11-32(34)30(47)43(31(48)33(21,32)35)27-25(39)23(37)22(36)24(38)26(27)40/h2-7,9-10,16,18,20-21,44H,8,11H2,1H3/t16-,18+,20-,21+,32+,33-/m0/s1. The number of methoxy groups -OCH3 is 1. The Kier molecular flexibility index (Phi) is 7.83. The summed E-state index contributed by atoms with van der Waals surface area (Å²) in [7, 11) is 1.30. The molecule has 6 atom stereocenters. The second kappa shape index (κ2) is 11.4. The van der Waals surface area contributed by atoms with Crippen LogP contribution in [0.2, 0.25) is 0 Å². The largest absolute Gasteiger partial charge is 0.508 e. The molecule has 2 aliphatic heterocycles. The number of hydrogen-bond donors (Lipinski definition) is 1. The van der Waals surface area contributed by atoms with Crippen LogP contribution < -0.4 is 14.5 Å². The number of anilines is 2. The summed E-state index contributed by atoms with van der Waals surface area (Å²) in [6.45, 7) is 0. The molecule has 1 saturated carbocycles. The van der Waals surface area contributed by atoms with E-state index >= 15 is 8.78 Å². The number of hydrogen-bond acceptors (Lipinski definition) is 6. The average molecular weight is 833 g/mol. The average Bonchev–Trinajstić information content (AvgIpc) is 3.42. The lowest BCUT2D eigenvalue weighted by molar-refractivity contribution is -0.125. The molecule has 0 spiro atoms. The highest BCUT2D eigenvalue weighted by Crippen LogP contribution is 2.67. The van der Waals surface area contributed by atoms with Gasteiger partial charge in [-0.15, -0.1) is 23.2 Å². The van der Waals surface area contributed by atoms with Gasteiger partial charge >= 0.3 is 0 Å². The smallest absolute Gasteiger partial charge is 0.258 e. The topological polar surface area (TPSA) is 104 Å². The summed E-state index contributed by atoms with van der Waals surface area (Å²) in [5, 5.41) is 11.1. The molecule has 0 radical (unpaired) electrons. The fourth-order valence-corrected chi connectivity index (χ4v) is 8.93. The fraction of sp³-hybridized carbons (Fsp3) is 0.273. The van der Waals surface area contributed by atoms with Gasteiger partial charge in [0.1, 0.15) is 17.2 Å². The molecule has 49 heavy (non-hydrogen) atoms. The van der Waals surface area contributed by atoms with E-state index in [1.54, 1.807) is 24.3 Å². The van der Waals surface area contributed by atoms with Gasteiger partial charge in [0.05, 0.1) is 24.6 Å². The Labute approximate surface area is 297 Å². The third-order valence-corrected chi connectivity index (χ3v) is 12.0. The number of phenols is 1. The molecule has 4 aliphatic rings. The summed E-state index contributed by atoms with van der Waals surface area (Å²) >= 11 is 16.3. The van der Waals surface area contributed by atoms with Gasteiger partial charge in [0, 0.05) is 15.1 Å². The van der Waals surface area contributed by atoms with Crippen LogP contribution in [0.15, 0.2) is 54.1 Å². The number of carbonyl (C=O) groups excluding carboxylic acids is 4. The summed E-state index contributed by atoms with van der Waals surface area (Å²) in [6.07, 6.45) is 0.828. The molecular weight excluding hydrogens is 813 g/mol. The number of aromatic hydroxyl groups is 1. The Balaban J connectivity index is 1.45. The first-order valence-corrected chi connectivity index (χ1v) is 16.4. The lowest BCUT2D eigenvalue weighted by Gasteiger charge is -2.50. The molecule has 4 amide bonds. The minimum Gasteiger partial charge on any atom is -0.508 e. The molecule has 3 aromatic carbocycles. The number of rotatable bonds is 4. The van der Waals surface area contributed by atoms with Gasteiger partial charge in [0.2, 0.25) is 17.6 Å². The highest BCUT2D eigenvalue weighted by Gasteiger charge is 2.77. The lowest BCUT2D eigenvalue weighted by atomic mass is 9.56. The van der Waals surface area contributed by atoms with Crippen molar-refractivity contribution in [3.8, 4) is 11.5 Å². The van der Waals surface area contributed by atoms with Crippen molar-refractivity contribution in [3.63, 3.8) is 0 Å². The van der Waals surface area contributed by atoms with Gasteiger partial charge in [-0.25, -0.2) is 26.9 Å². The van der Waals surface area contributed by atoms with Crippen molar-refractivity contribution in [2.75, 3.05) is 16.9 Å². The number of imide groups is 2. The fourth-order valence-electron chi connectivity index (χ4n) is 7.65. The SMILES string of the molecule is COc1ccc(O)c([C@H]2C3=CC[C@@H]4C(=O)N(c5ccc(I)cc5)C(=O)[C@@H]4[C@@H]3C[C@@]3(Cl)C(=O)N(c4c(F)c(F)c(F)c(F)c4F)C(=O)[C@@]23Cl)c1. The lowest BCUT2D eigenvalue weighted by Crippen LogP contribution is -2.60. The Hall–Kier alpha value is -3.76. The van der Waals surface area contributed by atoms with Crippen molar-refractivity contribution in [2.24, 2.45) is 17.8 Å². The predicted molar refractivity (Wildman–Crippen MR) is 173 cm³/mol. The second-order valence-corrected chi connectivity index (χ2v) is 14.6. The number of amides is 4. The van der Waals surface area contributed by atoms with E-state index in [0.29, 0.717) is 0 Å². The molecule has 0 bridgehead atoms. The van der Waals surface area contributed by atoms with E-state index in [-0.39, 0.29) is 33.9 Å². The van der Waals surface area contributed by atoms with Gasteiger partial charge in [-0.2, -0.15) is 0 Å². The maximum absolute atomic E-state index is 15.2. The zero-order valence-corrected chi connectivity index (χ0v) is 28.4. The zero-order valence-electron chi connectivity index (χ0n) is 24.7. The Morgan fingerprint density at radius 2 is 1.45 bits per heavy atom. The van der Waals surface area contributed by atoms with E-state index < -0.39 is 104 Å². The monoisotopic (exact) mass is 832 g/mol. The van der Waals surface area contributed by atoms with Crippen molar-refractivity contribution in [1.29, 1.82) is 0 Å². The van der Waals surface area contributed by atoms with Crippen LogP contribution in [0.4, 0.5) is 33.3 Å². The molecular formula is C33H20Cl2F5IN2O6. The molecule has 1 N–H and O–H groups in total. The normalized spacial score (nSPS) is 29.2. The molecule has 2 aliphatic carbocycles. The molecule has 0 aromatic heterocycles. The molecule has 8 nitrogen and oxygen atoms in total. The molecule has 3 aromatic rings. The number of halogens is 8. The molecule has 254 valence electrons.